The van der Waals surface area contributed by atoms with Crippen molar-refractivity contribution in [3.05, 3.63) is 114 Å². The normalized spacial score (nSPS) is 11.8. The molecular formula is C25H21FN2O. The highest BCUT2D eigenvalue weighted by Gasteiger charge is 2.21. The van der Waals surface area contributed by atoms with Crippen LogP contribution in [0, 0.1) is 5.82 Å². The molecule has 4 rings (SSSR count). The lowest BCUT2D eigenvalue weighted by molar-refractivity contribution is 0.416. The Morgan fingerprint density at radius 1 is 0.862 bits per heavy atom. The number of aromatic nitrogens is 2. The lowest BCUT2D eigenvalue weighted by Gasteiger charge is -2.22. The average molecular weight is 384 g/mol. The number of hydrogen-bond acceptors (Lipinski definition) is 3. The van der Waals surface area contributed by atoms with E-state index in [0.717, 1.165) is 34.2 Å². The van der Waals surface area contributed by atoms with Crippen LogP contribution in [-0.4, -0.2) is 17.1 Å². The average Bonchev–Trinajstić information content (AvgIpc) is 2.79. The number of hydrogen-bond donors (Lipinski definition) is 0. The number of halogens is 1. The Balaban J connectivity index is 1.89. The molecule has 0 aliphatic heterocycles. The van der Waals surface area contributed by atoms with Crippen LogP contribution in [0.2, 0.25) is 0 Å². The Labute approximate surface area is 169 Å². The van der Waals surface area contributed by atoms with Crippen molar-refractivity contribution in [2.45, 2.75) is 12.3 Å². The number of pyridine rings is 2. The molecule has 2 aromatic carbocycles. The molecule has 0 spiro atoms. The molecule has 2 aromatic heterocycles. The van der Waals surface area contributed by atoms with Gasteiger partial charge in [-0.2, -0.15) is 0 Å². The van der Waals surface area contributed by atoms with Gasteiger partial charge in [0.25, 0.3) is 0 Å². The van der Waals surface area contributed by atoms with Crippen molar-refractivity contribution in [1.82, 2.24) is 9.97 Å². The summed E-state index contributed by atoms with van der Waals surface area (Å²) in [7, 11) is 1.63. The van der Waals surface area contributed by atoms with E-state index >= 15 is 0 Å². The van der Waals surface area contributed by atoms with Gasteiger partial charge in [-0.05, 0) is 59.0 Å². The third-order valence-electron chi connectivity index (χ3n) is 5.04. The summed E-state index contributed by atoms with van der Waals surface area (Å²) in [5.41, 5.74) is 4.88. The monoisotopic (exact) mass is 384 g/mol. The van der Waals surface area contributed by atoms with E-state index in [1.54, 1.807) is 25.6 Å². The molecule has 144 valence electrons. The summed E-state index contributed by atoms with van der Waals surface area (Å²) >= 11 is 0. The molecule has 0 saturated heterocycles. The summed E-state index contributed by atoms with van der Waals surface area (Å²) in [6.07, 6.45) is 8.00. The van der Waals surface area contributed by atoms with E-state index in [1.807, 2.05) is 54.9 Å². The van der Waals surface area contributed by atoms with Gasteiger partial charge in [-0.25, -0.2) is 4.39 Å². The molecule has 4 aromatic rings. The second-order valence-corrected chi connectivity index (χ2v) is 6.84. The third-order valence-corrected chi connectivity index (χ3v) is 5.04. The molecule has 29 heavy (non-hydrogen) atoms. The molecule has 0 fully saturated rings. The van der Waals surface area contributed by atoms with Gasteiger partial charge >= 0.3 is 0 Å². The van der Waals surface area contributed by atoms with Gasteiger partial charge in [0, 0.05) is 36.3 Å². The molecule has 4 heteroatoms. The SMILES string of the molecule is COc1ccccc1-c1cc(F)ccc1C(Cc1cccnc1)c1cccnc1. The highest BCUT2D eigenvalue weighted by molar-refractivity contribution is 5.74. The molecule has 3 nitrogen and oxygen atoms in total. The van der Waals surface area contributed by atoms with Gasteiger partial charge in [0.15, 0.2) is 0 Å². The maximum absolute atomic E-state index is 14.3. The van der Waals surface area contributed by atoms with E-state index in [-0.39, 0.29) is 11.7 Å². The number of ether oxygens (including phenoxy) is 1. The molecule has 0 aliphatic carbocycles. The zero-order valence-electron chi connectivity index (χ0n) is 16.1. The van der Waals surface area contributed by atoms with Crippen molar-refractivity contribution in [3.63, 3.8) is 0 Å². The fourth-order valence-electron chi connectivity index (χ4n) is 3.68. The van der Waals surface area contributed by atoms with Gasteiger partial charge < -0.3 is 4.74 Å². The Morgan fingerprint density at radius 3 is 2.38 bits per heavy atom. The van der Waals surface area contributed by atoms with Crippen LogP contribution in [0.1, 0.15) is 22.6 Å². The van der Waals surface area contributed by atoms with E-state index in [9.17, 15) is 4.39 Å². The summed E-state index contributed by atoms with van der Waals surface area (Å²) in [4.78, 5) is 8.56. The highest BCUT2D eigenvalue weighted by atomic mass is 19.1. The summed E-state index contributed by atoms with van der Waals surface area (Å²) in [6.45, 7) is 0. The molecule has 1 atom stereocenters. The lowest BCUT2D eigenvalue weighted by atomic mass is 9.82. The predicted octanol–water partition coefficient (Wildman–Crippen LogP) is 5.67. The zero-order chi connectivity index (χ0) is 20.1. The van der Waals surface area contributed by atoms with Gasteiger partial charge in [-0.1, -0.05) is 36.4 Å². The van der Waals surface area contributed by atoms with Crippen molar-refractivity contribution in [3.8, 4) is 16.9 Å². The first-order valence-corrected chi connectivity index (χ1v) is 9.48. The maximum Gasteiger partial charge on any atom is 0.126 e. The second kappa shape index (κ2) is 8.65. The highest BCUT2D eigenvalue weighted by Crippen LogP contribution is 2.39. The lowest BCUT2D eigenvalue weighted by Crippen LogP contribution is -2.08. The molecular weight excluding hydrogens is 363 g/mol. The Kier molecular flexibility index (Phi) is 5.61. The van der Waals surface area contributed by atoms with Gasteiger partial charge in [-0.15, -0.1) is 0 Å². The molecule has 0 bridgehead atoms. The van der Waals surface area contributed by atoms with Crippen molar-refractivity contribution >= 4 is 0 Å². The summed E-state index contributed by atoms with van der Waals surface area (Å²) in [6, 6.07) is 20.6. The fraction of sp³-hybridized carbons (Fsp3) is 0.120. The van der Waals surface area contributed by atoms with E-state index in [4.69, 9.17) is 4.74 Å². The van der Waals surface area contributed by atoms with Crippen molar-refractivity contribution in [2.75, 3.05) is 7.11 Å². The van der Waals surface area contributed by atoms with Crippen molar-refractivity contribution < 1.29 is 9.13 Å². The Morgan fingerprint density at radius 2 is 1.66 bits per heavy atom. The molecule has 0 radical (unpaired) electrons. The fourth-order valence-corrected chi connectivity index (χ4v) is 3.68. The topological polar surface area (TPSA) is 35.0 Å². The molecule has 0 N–H and O–H groups in total. The van der Waals surface area contributed by atoms with Crippen LogP contribution < -0.4 is 4.74 Å². The standard InChI is InChI=1S/C25H21FN2O/c1-29-25-9-3-2-8-22(25)24-15-20(26)10-11-21(24)23(19-7-5-13-28-17-19)14-18-6-4-12-27-16-18/h2-13,15-17,23H,14H2,1H3. The van der Waals surface area contributed by atoms with Crippen molar-refractivity contribution in [2.24, 2.45) is 0 Å². The van der Waals surface area contributed by atoms with Crippen LogP contribution in [0.15, 0.2) is 91.5 Å². The van der Waals surface area contributed by atoms with E-state index in [0.29, 0.717) is 5.75 Å². The van der Waals surface area contributed by atoms with Crippen molar-refractivity contribution in [1.29, 1.82) is 0 Å². The largest absolute Gasteiger partial charge is 0.496 e. The van der Waals surface area contributed by atoms with Gasteiger partial charge in [0.2, 0.25) is 0 Å². The summed E-state index contributed by atoms with van der Waals surface area (Å²) < 4.78 is 19.9. The van der Waals surface area contributed by atoms with E-state index in [2.05, 4.69) is 22.1 Å². The minimum Gasteiger partial charge on any atom is -0.496 e. The quantitative estimate of drug-likeness (QED) is 0.430. The zero-order valence-corrected chi connectivity index (χ0v) is 16.1. The number of para-hydroxylation sites is 1. The number of nitrogens with zero attached hydrogens (tertiary/aromatic N) is 2. The van der Waals surface area contributed by atoms with Crippen LogP contribution >= 0.6 is 0 Å². The summed E-state index contributed by atoms with van der Waals surface area (Å²) in [5.74, 6) is 0.431. The van der Waals surface area contributed by atoms with E-state index in [1.165, 1.54) is 6.07 Å². The van der Waals surface area contributed by atoms with Crippen LogP contribution in [-0.2, 0) is 6.42 Å². The maximum atomic E-state index is 14.3. The smallest absolute Gasteiger partial charge is 0.126 e. The van der Waals surface area contributed by atoms with E-state index < -0.39 is 0 Å². The predicted molar refractivity (Wildman–Crippen MR) is 112 cm³/mol. The van der Waals surface area contributed by atoms with Gasteiger partial charge in [-0.3, -0.25) is 9.97 Å². The number of rotatable bonds is 6. The summed E-state index contributed by atoms with van der Waals surface area (Å²) in [5, 5.41) is 0. The Bertz CT molecular complexity index is 1080. The first-order valence-electron chi connectivity index (χ1n) is 9.48. The van der Waals surface area contributed by atoms with Crippen LogP contribution in [0.25, 0.3) is 11.1 Å². The van der Waals surface area contributed by atoms with Crippen LogP contribution in [0.5, 0.6) is 5.75 Å². The molecule has 0 amide bonds. The minimum absolute atomic E-state index is 0.00610. The van der Waals surface area contributed by atoms with Gasteiger partial charge in [0.1, 0.15) is 11.6 Å². The molecule has 2 heterocycles. The Hall–Kier alpha value is -3.53. The number of benzene rings is 2. The number of methoxy groups -OCH3 is 1. The third kappa shape index (κ3) is 4.16. The van der Waals surface area contributed by atoms with Crippen LogP contribution in [0.4, 0.5) is 4.39 Å². The first-order chi connectivity index (χ1) is 14.3. The minimum atomic E-state index is -0.277. The van der Waals surface area contributed by atoms with Gasteiger partial charge in [0.05, 0.1) is 7.11 Å². The molecule has 0 aliphatic rings. The molecule has 0 saturated carbocycles. The second-order valence-electron chi connectivity index (χ2n) is 6.84. The first kappa shape index (κ1) is 18.8. The molecule has 1 unspecified atom stereocenters. The van der Waals surface area contributed by atoms with Crippen LogP contribution in [0.3, 0.4) is 0 Å².